The summed E-state index contributed by atoms with van der Waals surface area (Å²) in [7, 11) is 1.50. The van der Waals surface area contributed by atoms with Crippen LogP contribution in [0.3, 0.4) is 0 Å². The van der Waals surface area contributed by atoms with Crippen LogP contribution in [0.2, 0.25) is 0 Å². The van der Waals surface area contributed by atoms with Crippen LogP contribution in [-0.2, 0) is 9.53 Å². The van der Waals surface area contributed by atoms with Crippen molar-refractivity contribution >= 4 is 5.91 Å². The fourth-order valence-electron chi connectivity index (χ4n) is 2.79. The number of carbonyl (C=O) groups is 1. The van der Waals surface area contributed by atoms with Gasteiger partial charge in [-0.1, -0.05) is 13.8 Å². The number of nitrogens with one attached hydrogen (secondary N) is 1. The van der Waals surface area contributed by atoms with Gasteiger partial charge in [0.05, 0.1) is 18.8 Å². The number of aliphatic hydroxyl groups excluding tert-OH is 1. The highest BCUT2D eigenvalue weighted by molar-refractivity contribution is 5.78. The molecular formula is C17H25NO4. The molecule has 0 radical (unpaired) electrons. The molecular weight excluding hydrogens is 282 g/mol. The van der Waals surface area contributed by atoms with Crippen LogP contribution in [0.1, 0.15) is 49.1 Å². The van der Waals surface area contributed by atoms with Crippen LogP contribution in [0.15, 0.2) is 12.1 Å². The molecule has 0 spiro atoms. The van der Waals surface area contributed by atoms with Crippen molar-refractivity contribution in [3.05, 3.63) is 28.8 Å². The number of aliphatic hydroxyl groups is 1. The van der Waals surface area contributed by atoms with Gasteiger partial charge < -0.3 is 19.9 Å². The van der Waals surface area contributed by atoms with Gasteiger partial charge in [-0.15, -0.1) is 0 Å². The van der Waals surface area contributed by atoms with Crippen molar-refractivity contribution < 1.29 is 19.4 Å². The maximum absolute atomic E-state index is 11.8. The maximum Gasteiger partial charge on any atom is 0.246 e. The number of methoxy groups -OCH3 is 1. The molecule has 1 amide bonds. The Morgan fingerprint density at radius 3 is 2.86 bits per heavy atom. The van der Waals surface area contributed by atoms with Crippen LogP contribution in [0.5, 0.6) is 5.75 Å². The van der Waals surface area contributed by atoms with Gasteiger partial charge in [0, 0.05) is 19.1 Å². The van der Waals surface area contributed by atoms with Crippen molar-refractivity contribution in [2.75, 3.05) is 20.3 Å². The van der Waals surface area contributed by atoms with Crippen LogP contribution in [0, 0.1) is 12.8 Å². The van der Waals surface area contributed by atoms with Gasteiger partial charge in [-0.05, 0) is 36.1 Å². The number of benzene rings is 1. The number of hydrogen-bond donors (Lipinski definition) is 2. The lowest BCUT2D eigenvalue weighted by Gasteiger charge is -2.29. The number of amides is 1. The molecule has 2 rings (SSSR count). The molecule has 1 aromatic carbocycles. The Labute approximate surface area is 131 Å². The van der Waals surface area contributed by atoms with E-state index in [4.69, 9.17) is 9.47 Å². The van der Waals surface area contributed by atoms with Gasteiger partial charge in [-0.2, -0.15) is 0 Å². The fourth-order valence-corrected chi connectivity index (χ4v) is 2.79. The van der Waals surface area contributed by atoms with Gasteiger partial charge in [0.25, 0.3) is 0 Å². The molecule has 2 unspecified atom stereocenters. The van der Waals surface area contributed by atoms with Crippen molar-refractivity contribution in [2.45, 2.75) is 39.3 Å². The van der Waals surface area contributed by atoms with Crippen molar-refractivity contribution in [2.24, 2.45) is 5.92 Å². The van der Waals surface area contributed by atoms with E-state index in [9.17, 15) is 9.90 Å². The zero-order chi connectivity index (χ0) is 16.3. The highest BCUT2D eigenvalue weighted by Crippen LogP contribution is 2.38. The maximum atomic E-state index is 11.8. The summed E-state index contributed by atoms with van der Waals surface area (Å²) in [6.45, 7) is 6.54. The third kappa shape index (κ3) is 3.59. The second kappa shape index (κ2) is 7.11. The first-order chi connectivity index (χ1) is 10.4. The molecule has 0 saturated carbocycles. The van der Waals surface area contributed by atoms with Crippen molar-refractivity contribution in [3.8, 4) is 5.75 Å². The molecule has 5 nitrogen and oxygen atoms in total. The normalized spacial score (nSPS) is 18.5. The lowest BCUT2D eigenvalue weighted by atomic mass is 9.91. The number of ether oxygens (including phenoxy) is 2. The van der Waals surface area contributed by atoms with E-state index in [2.05, 4.69) is 5.32 Å². The summed E-state index contributed by atoms with van der Waals surface area (Å²) in [5, 5.41) is 13.3. The summed E-state index contributed by atoms with van der Waals surface area (Å²) < 4.78 is 10.6. The molecule has 122 valence electrons. The van der Waals surface area contributed by atoms with E-state index in [1.54, 1.807) is 0 Å². The van der Waals surface area contributed by atoms with Gasteiger partial charge in [-0.3, -0.25) is 4.79 Å². The Morgan fingerprint density at radius 2 is 2.23 bits per heavy atom. The molecule has 1 aromatic rings. The average molecular weight is 307 g/mol. The predicted molar refractivity (Wildman–Crippen MR) is 83.8 cm³/mol. The van der Waals surface area contributed by atoms with Gasteiger partial charge in [0.15, 0.2) is 0 Å². The monoisotopic (exact) mass is 307 g/mol. The quantitative estimate of drug-likeness (QED) is 0.875. The molecule has 2 N–H and O–H groups in total. The molecule has 2 atom stereocenters. The van der Waals surface area contributed by atoms with E-state index < -0.39 is 6.10 Å². The van der Waals surface area contributed by atoms with Crippen molar-refractivity contribution in [1.82, 2.24) is 5.32 Å². The number of rotatable bonds is 5. The number of carbonyl (C=O) groups excluding carboxylic acids is 1. The minimum absolute atomic E-state index is 0.0416. The standard InChI is InChI=1S/C17H25NO4/c1-10(2)16(20)12-7-11(3)17-13(8-12)14(5-6-22-17)18-15(19)9-21-4/h7-8,10,14,16,20H,5-6,9H2,1-4H3,(H,18,19). The van der Waals surface area contributed by atoms with Crippen LogP contribution in [0.25, 0.3) is 0 Å². The summed E-state index contributed by atoms with van der Waals surface area (Å²) in [4.78, 5) is 11.8. The molecule has 22 heavy (non-hydrogen) atoms. The Morgan fingerprint density at radius 1 is 1.50 bits per heavy atom. The van der Waals surface area contributed by atoms with Gasteiger partial charge in [0.2, 0.25) is 5.91 Å². The predicted octanol–water partition coefficient (Wildman–Crippen LogP) is 2.27. The topological polar surface area (TPSA) is 67.8 Å². The summed E-state index contributed by atoms with van der Waals surface area (Å²) in [5.41, 5.74) is 2.78. The number of hydrogen-bond acceptors (Lipinski definition) is 4. The highest BCUT2D eigenvalue weighted by atomic mass is 16.5. The first kappa shape index (κ1) is 16.8. The largest absolute Gasteiger partial charge is 0.493 e. The molecule has 1 aliphatic rings. The average Bonchev–Trinajstić information content (AvgIpc) is 2.47. The molecule has 1 heterocycles. The molecule has 1 aliphatic heterocycles. The Hall–Kier alpha value is -1.59. The van der Waals surface area contributed by atoms with E-state index in [1.165, 1.54) is 7.11 Å². The zero-order valence-corrected chi connectivity index (χ0v) is 13.7. The molecule has 5 heteroatoms. The first-order valence-corrected chi connectivity index (χ1v) is 7.67. The van der Waals surface area contributed by atoms with Gasteiger partial charge in [0.1, 0.15) is 12.4 Å². The molecule has 0 bridgehead atoms. The third-order valence-electron chi connectivity index (χ3n) is 3.94. The lowest BCUT2D eigenvalue weighted by molar-refractivity contribution is -0.125. The minimum atomic E-state index is -0.527. The summed E-state index contributed by atoms with van der Waals surface area (Å²) in [6.07, 6.45) is 0.185. The van der Waals surface area contributed by atoms with E-state index >= 15 is 0 Å². The van der Waals surface area contributed by atoms with Crippen LogP contribution in [-0.4, -0.2) is 31.3 Å². The first-order valence-electron chi connectivity index (χ1n) is 7.67. The van der Waals surface area contributed by atoms with Crippen LogP contribution < -0.4 is 10.1 Å². The minimum Gasteiger partial charge on any atom is -0.493 e. The zero-order valence-electron chi connectivity index (χ0n) is 13.7. The number of aryl methyl sites for hydroxylation is 1. The smallest absolute Gasteiger partial charge is 0.246 e. The van der Waals surface area contributed by atoms with Crippen LogP contribution >= 0.6 is 0 Å². The van der Waals surface area contributed by atoms with Gasteiger partial charge >= 0.3 is 0 Å². The van der Waals surface area contributed by atoms with E-state index in [-0.39, 0.29) is 24.5 Å². The second-order valence-corrected chi connectivity index (χ2v) is 6.14. The van der Waals surface area contributed by atoms with Gasteiger partial charge in [-0.25, -0.2) is 0 Å². The van der Waals surface area contributed by atoms with Crippen molar-refractivity contribution in [1.29, 1.82) is 0 Å². The Kier molecular flexibility index (Phi) is 5.42. The fraction of sp³-hybridized carbons (Fsp3) is 0.588. The van der Waals surface area contributed by atoms with E-state index in [0.717, 1.165) is 22.4 Å². The molecule has 0 aromatic heterocycles. The number of fused-ring (bicyclic) bond motifs is 1. The Balaban J connectivity index is 2.33. The Bertz CT molecular complexity index is 542. The summed E-state index contributed by atoms with van der Waals surface area (Å²) in [5.74, 6) is 0.796. The summed E-state index contributed by atoms with van der Waals surface area (Å²) >= 11 is 0. The highest BCUT2D eigenvalue weighted by Gasteiger charge is 2.26. The lowest BCUT2D eigenvalue weighted by Crippen LogP contribution is -2.34. The molecule has 0 aliphatic carbocycles. The molecule has 0 saturated heterocycles. The second-order valence-electron chi connectivity index (χ2n) is 6.14. The molecule has 0 fully saturated rings. The summed E-state index contributed by atoms with van der Waals surface area (Å²) in [6, 6.07) is 3.80. The van der Waals surface area contributed by atoms with E-state index in [1.807, 2.05) is 32.9 Å². The SMILES string of the molecule is COCC(=O)NC1CCOc2c(C)cc(C(O)C(C)C)cc21. The van der Waals surface area contributed by atoms with Crippen molar-refractivity contribution in [3.63, 3.8) is 0 Å². The van der Waals surface area contributed by atoms with Crippen LogP contribution in [0.4, 0.5) is 0 Å². The third-order valence-corrected chi connectivity index (χ3v) is 3.94. The van der Waals surface area contributed by atoms with E-state index in [0.29, 0.717) is 13.0 Å².